The van der Waals surface area contributed by atoms with Crippen LogP contribution in [-0.2, 0) is 31.1 Å². The van der Waals surface area contributed by atoms with Gasteiger partial charge in [0.15, 0.2) is 5.60 Å². The average molecular weight is 443 g/mol. The predicted molar refractivity (Wildman–Crippen MR) is 115 cm³/mol. The SMILES string of the molecule is CCOC(=O)C(Cc1ccccc1)C(=O)N1CCC2(C1)OC(=O)Nc1ccc(Cl)cc12. The van der Waals surface area contributed by atoms with Crippen LogP contribution in [0, 0.1) is 5.92 Å². The van der Waals surface area contributed by atoms with Crippen LogP contribution in [-0.4, -0.2) is 42.6 Å². The lowest BCUT2D eigenvalue weighted by Crippen LogP contribution is -2.45. The van der Waals surface area contributed by atoms with Crippen molar-refractivity contribution in [2.24, 2.45) is 5.92 Å². The van der Waals surface area contributed by atoms with E-state index in [0.717, 1.165) is 11.1 Å². The lowest BCUT2D eigenvalue weighted by molar-refractivity contribution is -0.155. The van der Waals surface area contributed by atoms with E-state index < -0.39 is 23.6 Å². The van der Waals surface area contributed by atoms with Gasteiger partial charge in [-0.1, -0.05) is 41.9 Å². The van der Waals surface area contributed by atoms with Crippen LogP contribution >= 0.6 is 11.6 Å². The Kier molecular flexibility index (Phi) is 5.87. The van der Waals surface area contributed by atoms with Gasteiger partial charge in [-0.05, 0) is 37.1 Å². The normalized spacial score (nSPS) is 20.6. The Morgan fingerprint density at radius 2 is 2.03 bits per heavy atom. The Hall–Kier alpha value is -3.06. The largest absolute Gasteiger partial charge is 0.465 e. The number of likely N-dealkylation sites (tertiary alicyclic amines) is 1. The summed E-state index contributed by atoms with van der Waals surface area (Å²) in [5, 5.41) is 3.19. The average Bonchev–Trinajstić information content (AvgIpc) is 3.17. The first-order valence-corrected chi connectivity index (χ1v) is 10.6. The number of nitrogens with one attached hydrogen (secondary N) is 1. The van der Waals surface area contributed by atoms with Crippen LogP contribution < -0.4 is 5.32 Å². The zero-order valence-electron chi connectivity index (χ0n) is 17.1. The maximum atomic E-state index is 13.4. The maximum absolute atomic E-state index is 13.4. The molecule has 162 valence electrons. The Morgan fingerprint density at radius 1 is 1.26 bits per heavy atom. The van der Waals surface area contributed by atoms with Crippen LogP contribution in [0.2, 0.25) is 5.02 Å². The van der Waals surface area contributed by atoms with E-state index in [2.05, 4.69) is 5.32 Å². The highest BCUT2D eigenvalue weighted by molar-refractivity contribution is 6.30. The van der Waals surface area contributed by atoms with Crippen molar-refractivity contribution in [3.05, 3.63) is 64.7 Å². The standard InChI is InChI=1S/C23H23ClN2O5/c1-2-30-21(28)17(12-15-6-4-3-5-7-15)20(27)26-11-10-23(14-26)18-13-16(24)8-9-19(18)25-22(29)31-23/h3-9,13,17H,2,10-12,14H2,1H3,(H,25,29). The molecule has 2 aliphatic heterocycles. The molecule has 7 nitrogen and oxygen atoms in total. The van der Waals surface area contributed by atoms with Crippen LogP contribution in [0.3, 0.4) is 0 Å². The Balaban J connectivity index is 1.60. The Bertz CT molecular complexity index is 1010. The number of ether oxygens (including phenoxy) is 2. The first-order valence-electron chi connectivity index (χ1n) is 10.2. The number of carbonyl (C=O) groups excluding carboxylic acids is 3. The number of hydrogen-bond acceptors (Lipinski definition) is 5. The molecule has 8 heteroatoms. The minimum atomic E-state index is -0.996. The summed E-state index contributed by atoms with van der Waals surface area (Å²) in [7, 11) is 0. The monoisotopic (exact) mass is 442 g/mol. The van der Waals surface area contributed by atoms with Gasteiger partial charge in [0.1, 0.15) is 5.92 Å². The highest BCUT2D eigenvalue weighted by Gasteiger charge is 2.50. The van der Waals surface area contributed by atoms with Gasteiger partial charge in [-0.25, -0.2) is 4.79 Å². The van der Waals surface area contributed by atoms with Crippen molar-refractivity contribution >= 4 is 35.3 Å². The number of rotatable bonds is 5. The molecule has 31 heavy (non-hydrogen) atoms. The number of nitrogens with zero attached hydrogens (tertiary/aromatic N) is 1. The minimum absolute atomic E-state index is 0.150. The molecule has 0 aromatic heterocycles. The summed E-state index contributed by atoms with van der Waals surface area (Å²) in [5.74, 6) is -1.85. The molecule has 2 heterocycles. The van der Waals surface area contributed by atoms with Gasteiger partial charge in [-0.3, -0.25) is 14.9 Å². The summed E-state index contributed by atoms with van der Waals surface area (Å²) >= 11 is 6.18. The molecule has 0 bridgehead atoms. The molecule has 4 rings (SSSR count). The number of anilines is 1. The smallest absolute Gasteiger partial charge is 0.412 e. The number of halogens is 1. The molecule has 1 fully saturated rings. The van der Waals surface area contributed by atoms with Gasteiger partial charge in [0, 0.05) is 23.6 Å². The van der Waals surface area contributed by atoms with E-state index in [-0.39, 0.29) is 25.5 Å². The maximum Gasteiger partial charge on any atom is 0.412 e. The minimum Gasteiger partial charge on any atom is -0.465 e. The van der Waals surface area contributed by atoms with Crippen molar-refractivity contribution in [1.29, 1.82) is 0 Å². The summed E-state index contributed by atoms with van der Waals surface area (Å²) in [4.78, 5) is 39.8. The summed E-state index contributed by atoms with van der Waals surface area (Å²) in [6, 6.07) is 14.5. The van der Waals surface area contributed by atoms with Crippen molar-refractivity contribution in [3.8, 4) is 0 Å². The fourth-order valence-corrected chi connectivity index (χ4v) is 4.40. The van der Waals surface area contributed by atoms with E-state index in [0.29, 0.717) is 23.7 Å². The van der Waals surface area contributed by atoms with E-state index in [4.69, 9.17) is 21.1 Å². The van der Waals surface area contributed by atoms with Crippen molar-refractivity contribution in [1.82, 2.24) is 4.90 Å². The van der Waals surface area contributed by atoms with Gasteiger partial charge < -0.3 is 14.4 Å². The molecular weight excluding hydrogens is 420 g/mol. The zero-order chi connectivity index (χ0) is 22.0. The van der Waals surface area contributed by atoms with Crippen molar-refractivity contribution in [2.45, 2.75) is 25.4 Å². The van der Waals surface area contributed by atoms with Crippen molar-refractivity contribution in [3.63, 3.8) is 0 Å². The topological polar surface area (TPSA) is 84.9 Å². The lowest BCUT2D eigenvalue weighted by Gasteiger charge is -2.35. The zero-order valence-corrected chi connectivity index (χ0v) is 17.9. The second-order valence-corrected chi connectivity index (χ2v) is 8.14. The van der Waals surface area contributed by atoms with Gasteiger partial charge in [0.25, 0.3) is 0 Å². The molecule has 0 radical (unpaired) electrons. The van der Waals surface area contributed by atoms with Gasteiger partial charge >= 0.3 is 12.1 Å². The summed E-state index contributed by atoms with van der Waals surface area (Å²) in [6.45, 7) is 2.40. The fraction of sp³-hybridized carbons (Fsp3) is 0.348. The molecular formula is C23H23ClN2O5. The summed E-state index contributed by atoms with van der Waals surface area (Å²) in [6.07, 6.45) is 0.0851. The van der Waals surface area contributed by atoms with Crippen LogP contribution in [0.4, 0.5) is 10.5 Å². The summed E-state index contributed by atoms with van der Waals surface area (Å²) in [5.41, 5.74) is 1.21. The third kappa shape index (κ3) is 4.23. The van der Waals surface area contributed by atoms with Crippen LogP contribution in [0.1, 0.15) is 24.5 Å². The van der Waals surface area contributed by atoms with E-state index in [1.165, 1.54) is 0 Å². The van der Waals surface area contributed by atoms with Gasteiger partial charge in [-0.2, -0.15) is 0 Å². The number of benzene rings is 2. The molecule has 2 atom stereocenters. The lowest BCUT2D eigenvalue weighted by atomic mass is 9.90. The van der Waals surface area contributed by atoms with E-state index in [9.17, 15) is 14.4 Å². The molecule has 2 unspecified atom stereocenters. The molecule has 0 saturated carbocycles. The first kappa shape index (κ1) is 21.2. The summed E-state index contributed by atoms with van der Waals surface area (Å²) < 4.78 is 10.9. The third-order valence-corrected chi connectivity index (χ3v) is 5.93. The molecule has 2 aliphatic rings. The second kappa shape index (κ2) is 8.59. The Labute approximate surface area is 185 Å². The van der Waals surface area contributed by atoms with Crippen molar-refractivity contribution < 1.29 is 23.9 Å². The second-order valence-electron chi connectivity index (χ2n) is 7.70. The third-order valence-electron chi connectivity index (χ3n) is 5.69. The van der Waals surface area contributed by atoms with Gasteiger partial charge in [-0.15, -0.1) is 0 Å². The highest BCUT2D eigenvalue weighted by atomic mass is 35.5. The van der Waals surface area contributed by atoms with E-state index in [1.54, 1.807) is 30.0 Å². The van der Waals surface area contributed by atoms with Gasteiger partial charge in [0.05, 0.1) is 18.8 Å². The molecule has 0 aliphatic carbocycles. The molecule has 1 saturated heterocycles. The number of amides is 2. The molecule has 2 amide bonds. The highest BCUT2D eigenvalue weighted by Crippen LogP contribution is 2.44. The van der Waals surface area contributed by atoms with Crippen LogP contribution in [0.25, 0.3) is 0 Å². The van der Waals surface area contributed by atoms with E-state index >= 15 is 0 Å². The number of fused-ring (bicyclic) bond motifs is 2. The van der Waals surface area contributed by atoms with Crippen molar-refractivity contribution in [2.75, 3.05) is 25.0 Å². The molecule has 1 N–H and O–H groups in total. The molecule has 2 aromatic rings. The predicted octanol–water partition coefficient (Wildman–Crippen LogP) is 3.75. The quantitative estimate of drug-likeness (QED) is 0.563. The fourth-order valence-electron chi connectivity index (χ4n) is 4.23. The van der Waals surface area contributed by atoms with Crippen LogP contribution in [0.15, 0.2) is 48.5 Å². The first-order chi connectivity index (χ1) is 14.9. The Morgan fingerprint density at radius 3 is 2.77 bits per heavy atom. The molecule has 2 aromatic carbocycles. The van der Waals surface area contributed by atoms with Crippen LogP contribution in [0.5, 0.6) is 0 Å². The van der Waals surface area contributed by atoms with E-state index in [1.807, 2.05) is 30.3 Å². The number of hydrogen-bond donors (Lipinski definition) is 1. The number of carbonyl (C=O) groups is 3. The molecule has 1 spiro atoms. The van der Waals surface area contributed by atoms with Gasteiger partial charge in [0.2, 0.25) is 5.91 Å². The number of esters is 1.